The molecule has 6 nitrogen and oxygen atoms in total. The highest BCUT2D eigenvalue weighted by atomic mass is 16.6. The van der Waals surface area contributed by atoms with Gasteiger partial charge in [0.1, 0.15) is 5.60 Å². The minimum atomic E-state index is -0.464. The number of aliphatic hydroxyl groups is 1. The van der Waals surface area contributed by atoms with E-state index >= 15 is 0 Å². The summed E-state index contributed by atoms with van der Waals surface area (Å²) >= 11 is 0. The molecule has 0 aromatic rings. The fourth-order valence-corrected chi connectivity index (χ4v) is 2.87. The Morgan fingerprint density at radius 1 is 1.45 bits per heavy atom. The van der Waals surface area contributed by atoms with Crippen molar-refractivity contribution in [2.24, 2.45) is 0 Å². The summed E-state index contributed by atoms with van der Waals surface area (Å²) in [6.07, 6.45) is 2.63. The summed E-state index contributed by atoms with van der Waals surface area (Å²) in [4.78, 5) is 14.1. The quantitative estimate of drug-likeness (QED) is 0.749. The number of ether oxygens (including phenoxy) is 2. The number of carbonyl (C=O) groups excluding carboxylic acids is 1. The minimum Gasteiger partial charge on any atom is -0.444 e. The summed E-state index contributed by atoms with van der Waals surface area (Å²) in [6.45, 7) is 9.00. The van der Waals surface area contributed by atoms with Gasteiger partial charge in [-0.1, -0.05) is 0 Å². The van der Waals surface area contributed by atoms with Crippen LogP contribution < -0.4 is 5.32 Å². The van der Waals surface area contributed by atoms with Crippen LogP contribution in [0.1, 0.15) is 47.0 Å². The van der Waals surface area contributed by atoms with Crippen molar-refractivity contribution in [2.75, 3.05) is 26.9 Å². The van der Waals surface area contributed by atoms with Gasteiger partial charge in [0.05, 0.1) is 19.3 Å². The van der Waals surface area contributed by atoms with Crippen LogP contribution >= 0.6 is 0 Å². The Kier molecular flexibility index (Phi) is 7.59. The lowest BCUT2D eigenvalue weighted by Crippen LogP contribution is -2.46. The summed E-state index contributed by atoms with van der Waals surface area (Å²) in [6, 6.07) is 0.316. The first kappa shape index (κ1) is 19.2. The molecule has 3 atom stereocenters. The first-order valence-electron chi connectivity index (χ1n) is 8.12. The molecule has 1 fully saturated rings. The molecule has 1 rings (SSSR count). The lowest BCUT2D eigenvalue weighted by Gasteiger charge is -2.31. The van der Waals surface area contributed by atoms with Crippen molar-refractivity contribution in [2.45, 2.75) is 70.7 Å². The van der Waals surface area contributed by atoms with Gasteiger partial charge in [0.25, 0.3) is 0 Å². The lowest BCUT2D eigenvalue weighted by molar-refractivity contribution is 0.0211. The first-order chi connectivity index (χ1) is 10.3. The number of nitrogens with zero attached hydrogens (tertiary/aromatic N) is 1. The molecule has 1 saturated heterocycles. The van der Waals surface area contributed by atoms with E-state index < -0.39 is 5.60 Å². The third-order valence-electron chi connectivity index (χ3n) is 3.74. The van der Waals surface area contributed by atoms with Gasteiger partial charge < -0.3 is 24.8 Å². The summed E-state index contributed by atoms with van der Waals surface area (Å²) in [5, 5.41) is 12.7. The van der Waals surface area contributed by atoms with Crippen molar-refractivity contribution in [1.82, 2.24) is 10.2 Å². The van der Waals surface area contributed by atoms with Crippen molar-refractivity contribution >= 4 is 6.09 Å². The van der Waals surface area contributed by atoms with Gasteiger partial charge in [-0.05, 0) is 47.0 Å². The maximum absolute atomic E-state index is 12.3. The molecule has 130 valence electrons. The normalized spacial score (nSPS) is 21.7. The number of nitrogens with one attached hydrogen (secondary N) is 1. The second kappa shape index (κ2) is 8.70. The molecule has 22 heavy (non-hydrogen) atoms. The molecule has 1 aliphatic rings. The molecule has 0 aromatic carbocycles. The molecule has 0 aromatic heterocycles. The molecule has 6 heteroatoms. The Morgan fingerprint density at radius 2 is 2.14 bits per heavy atom. The number of likely N-dealkylation sites (tertiary alicyclic amines) is 1. The maximum atomic E-state index is 12.3. The Balaban J connectivity index is 2.50. The van der Waals surface area contributed by atoms with Crippen LogP contribution in [0.25, 0.3) is 0 Å². The highest BCUT2D eigenvalue weighted by molar-refractivity contribution is 5.68. The minimum absolute atomic E-state index is 0.0403. The van der Waals surface area contributed by atoms with E-state index in [0.29, 0.717) is 6.61 Å². The zero-order valence-corrected chi connectivity index (χ0v) is 14.6. The topological polar surface area (TPSA) is 71.0 Å². The van der Waals surface area contributed by atoms with Gasteiger partial charge in [-0.2, -0.15) is 0 Å². The fraction of sp³-hybridized carbons (Fsp3) is 0.938. The molecule has 3 unspecified atom stereocenters. The van der Waals surface area contributed by atoms with Crippen molar-refractivity contribution in [1.29, 1.82) is 0 Å². The highest BCUT2D eigenvalue weighted by Crippen LogP contribution is 2.24. The summed E-state index contributed by atoms with van der Waals surface area (Å²) in [5.74, 6) is 0. The summed E-state index contributed by atoms with van der Waals surface area (Å²) in [5.41, 5.74) is -0.464. The largest absolute Gasteiger partial charge is 0.444 e. The van der Waals surface area contributed by atoms with Crippen molar-refractivity contribution in [3.63, 3.8) is 0 Å². The van der Waals surface area contributed by atoms with Crippen LogP contribution in [0.3, 0.4) is 0 Å². The Labute approximate surface area is 134 Å². The molecule has 1 amide bonds. The monoisotopic (exact) mass is 316 g/mol. The number of methoxy groups -OCH3 is 1. The van der Waals surface area contributed by atoms with Gasteiger partial charge in [0.2, 0.25) is 0 Å². The zero-order chi connectivity index (χ0) is 16.8. The molecule has 2 N–H and O–H groups in total. The third kappa shape index (κ3) is 6.50. The first-order valence-corrected chi connectivity index (χ1v) is 8.12. The molecule has 0 aliphatic carbocycles. The fourth-order valence-electron chi connectivity index (χ4n) is 2.87. The number of amides is 1. The lowest BCUT2D eigenvalue weighted by atomic mass is 10.1. The number of hydrogen-bond acceptors (Lipinski definition) is 5. The molecule has 0 spiro atoms. The van der Waals surface area contributed by atoms with E-state index in [-0.39, 0.29) is 30.8 Å². The van der Waals surface area contributed by atoms with Gasteiger partial charge in [0, 0.05) is 25.7 Å². The molecular weight excluding hydrogens is 284 g/mol. The summed E-state index contributed by atoms with van der Waals surface area (Å²) < 4.78 is 10.6. The van der Waals surface area contributed by atoms with Gasteiger partial charge in [0.15, 0.2) is 0 Å². The average molecular weight is 316 g/mol. The SMILES string of the molecule is COCC(CO)NC(C)CC1CCCN1C(=O)OC(C)(C)C. The van der Waals surface area contributed by atoms with Crippen LogP contribution in [0, 0.1) is 0 Å². The van der Waals surface area contributed by atoms with Gasteiger partial charge >= 0.3 is 6.09 Å². The molecule has 0 saturated carbocycles. The Morgan fingerprint density at radius 3 is 2.68 bits per heavy atom. The van der Waals surface area contributed by atoms with Crippen LogP contribution in [-0.2, 0) is 9.47 Å². The van der Waals surface area contributed by atoms with Gasteiger partial charge in [-0.3, -0.25) is 0 Å². The van der Waals surface area contributed by atoms with E-state index in [4.69, 9.17) is 9.47 Å². The zero-order valence-electron chi connectivity index (χ0n) is 14.6. The van der Waals surface area contributed by atoms with E-state index in [1.807, 2.05) is 25.7 Å². The Hall–Kier alpha value is -0.850. The maximum Gasteiger partial charge on any atom is 0.410 e. The van der Waals surface area contributed by atoms with E-state index in [1.165, 1.54) is 0 Å². The van der Waals surface area contributed by atoms with Crippen molar-refractivity contribution in [3.8, 4) is 0 Å². The molecular formula is C16H32N2O4. The Bertz CT molecular complexity index is 344. The third-order valence-corrected chi connectivity index (χ3v) is 3.74. The molecule has 1 aliphatic heterocycles. The van der Waals surface area contributed by atoms with Crippen LogP contribution in [0.4, 0.5) is 4.79 Å². The van der Waals surface area contributed by atoms with E-state index in [9.17, 15) is 9.90 Å². The predicted molar refractivity (Wildman–Crippen MR) is 85.9 cm³/mol. The van der Waals surface area contributed by atoms with E-state index in [1.54, 1.807) is 7.11 Å². The van der Waals surface area contributed by atoms with Crippen molar-refractivity contribution < 1.29 is 19.4 Å². The van der Waals surface area contributed by atoms with Crippen LogP contribution in [0.2, 0.25) is 0 Å². The molecule has 1 heterocycles. The van der Waals surface area contributed by atoms with Crippen LogP contribution in [0.15, 0.2) is 0 Å². The number of hydrogen-bond donors (Lipinski definition) is 2. The standard InChI is InChI=1S/C16H32N2O4/c1-12(17-13(10-19)11-21-5)9-14-7-6-8-18(14)15(20)22-16(2,3)4/h12-14,17,19H,6-11H2,1-5H3. The number of aliphatic hydroxyl groups excluding tert-OH is 1. The number of carbonyl (C=O) groups is 1. The molecule has 0 radical (unpaired) electrons. The number of rotatable bonds is 7. The van der Waals surface area contributed by atoms with Crippen LogP contribution in [0.5, 0.6) is 0 Å². The van der Waals surface area contributed by atoms with Gasteiger partial charge in [-0.15, -0.1) is 0 Å². The van der Waals surface area contributed by atoms with Gasteiger partial charge in [-0.25, -0.2) is 4.79 Å². The second-order valence-electron chi connectivity index (χ2n) is 7.11. The smallest absolute Gasteiger partial charge is 0.410 e. The summed E-state index contributed by atoms with van der Waals surface area (Å²) in [7, 11) is 1.62. The van der Waals surface area contributed by atoms with Crippen molar-refractivity contribution in [3.05, 3.63) is 0 Å². The average Bonchev–Trinajstić information content (AvgIpc) is 2.84. The second-order valence-corrected chi connectivity index (χ2v) is 7.11. The highest BCUT2D eigenvalue weighted by Gasteiger charge is 2.33. The van der Waals surface area contributed by atoms with E-state index in [2.05, 4.69) is 12.2 Å². The predicted octanol–water partition coefficient (Wildman–Crippen LogP) is 1.76. The molecule has 0 bridgehead atoms. The van der Waals surface area contributed by atoms with Crippen LogP contribution in [-0.4, -0.2) is 66.7 Å². The van der Waals surface area contributed by atoms with E-state index in [0.717, 1.165) is 25.8 Å².